The number of aliphatic carboxylic acids is 1. The maximum atomic E-state index is 10.8. The lowest BCUT2D eigenvalue weighted by Gasteiger charge is -2.13. The number of aromatic nitrogens is 2. The zero-order valence-electron chi connectivity index (χ0n) is 11.7. The predicted molar refractivity (Wildman–Crippen MR) is 80.1 cm³/mol. The van der Waals surface area contributed by atoms with Gasteiger partial charge in [0, 0.05) is 6.54 Å². The summed E-state index contributed by atoms with van der Waals surface area (Å²) in [6, 6.07) is 7.68. The molecule has 1 aliphatic rings. The lowest BCUT2D eigenvalue weighted by Crippen LogP contribution is -2.10. The molecule has 0 unspecified atom stereocenters. The van der Waals surface area contributed by atoms with Crippen LogP contribution < -0.4 is 0 Å². The number of hydrogen-bond donors (Lipinski definition) is 1. The summed E-state index contributed by atoms with van der Waals surface area (Å²) in [7, 11) is 0. The van der Waals surface area contributed by atoms with E-state index in [9.17, 15) is 10.1 Å². The van der Waals surface area contributed by atoms with E-state index in [-0.39, 0.29) is 11.2 Å². The maximum absolute atomic E-state index is 10.8. The number of carboxylic acids is 1. The molecule has 108 valence electrons. The van der Waals surface area contributed by atoms with Crippen LogP contribution in [-0.4, -0.2) is 26.4 Å². The Bertz CT molecular complexity index is 756. The van der Waals surface area contributed by atoms with Crippen LogP contribution in [0.5, 0.6) is 0 Å². The number of imidazole rings is 1. The number of nitriles is 1. The van der Waals surface area contributed by atoms with Gasteiger partial charge in [0.25, 0.3) is 0 Å². The van der Waals surface area contributed by atoms with Gasteiger partial charge in [-0.2, -0.15) is 5.26 Å². The Hall–Kier alpha value is -2.00. The van der Waals surface area contributed by atoms with Crippen LogP contribution >= 0.6 is 11.8 Å². The third-order valence-electron chi connectivity index (χ3n) is 3.83. The van der Waals surface area contributed by atoms with Crippen LogP contribution in [-0.2, 0) is 11.3 Å². The van der Waals surface area contributed by atoms with E-state index >= 15 is 0 Å². The van der Waals surface area contributed by atoms with Crippen molar-refractivity contribution in [1.82, 2.24) is 9.55 Å². The van der Waals surface area contributed by atoms with E-state index in [0.717, 1.165) is 12.1 Å². The lowest BCUT2D eigenvalue weighted by molar-refractivity contribution is -0.133. The molecular weight excluding hydrogens is 286 g/mol. The Balaban J connectivity index is 2.08. The Morgan fingerprint density at radius 1 is 1.57 bits per heavy atom. The number of carboxylic acid groups (broad SMARTS) is 1. The smallest absolute Gasteiger partial charge is 0.313 e. The van der Waals surface area contributed by atoms with Crippen molar-refractivity contribution in [1.29, 1.82) is 5.26 Å². The van der Waals surface area contributed by atoms with Crippen molar-refractivity contribution < 1.29 is 9.90 Å². The van der Waals surface area contributed by atoms with Crippen LogP contribution in [0.1, 0.15) is 25.3 Å². The van der Waals surface area contributed by atoms with Crippen LogP contribution in [0.3, 0.4) is 0 Å². The summed E-state index contributed by atoms with van der Waals surface area (Å²) in [5.74, 6) is -0.890. The zero-order chi connectivity index (χ0) is 15.0. The number of hydrogen-bond acceptors (Lipinski definition) is 4. The molecule has 1 aliphatic carbocycles. The van der Waals surface area contributed by atoms with Crippen molar-refractivity contribution >= 4 is 28.8 Å². The van der Waals surface area contributed by atoms with Crippen molar-refractivity contribution in [2.75, 3.05) is 5.75 Å². The standard InChI is InChI=1S/C15H15N3O2S/c1-15(5-6-15)9-18-11-4-2-3-10(7-16)13(11)17-14(18)21-8-12(19)20/h2-4H,5-6,8-9H2,1H3,(H,19,20). The minimum Gasteiger partial charge on any atom is -0.481 e. The van der Waals surface area contributed by atoms with E-state index in [4.69, 9.17) is 5.11 Å². The highest BCUT2D eigenvalue weighted by atomic mass is 32.2. The fraction of sp³-hybridized carbons (Fsp3) is 0.400. The zero-order valence-corrected chi connectivity index (χ0v) is 12.5. The largest absolute Gasteiger partial charge is 0.481 e. The molecule has 0 amide bonds. The fourth-order valence-electron chi connectivity index (χ4n) is 2.36. The van der Waals surface area contributed by atoms with E-state index in [2.05, 4.69) is 22.5 Å². The molecule has 0 bridgehead atoms. The number of benzene rings is 1. The molecule has 0 saturated heterocycles. The number of carbonyl (C=O) groups is 1. The molecule has 3 rings (SSSR count). The lowest BCUT2D eigenvalue weighted by atomic mass is 10.1. The molecule has 0 aliphatic heterocycles. The van der Waals surface area contributed by atoms with E-state index in [0.29, 0.717) is 16.2 Å². The number of para-hydroxylation sites is 1. The number of thioether (sulfide) groups is 1. The monoisotopic (exact) mass is 301 g/mol. The first kappa shape index (κ1) is 14.0. The molecule has 1 aromatic carbocycles. The SMILES string of the molecule is CC1(Cn2c(SCC(=O)O)nc3c(C#N)cccc32)CC1. The van der Waals surface area contributed by atoms with Crippen LogP contribution in [0.2, 0.25) is 0 Å². The second-order valence-corrected chi connectivity index (χ2v) is 6.70. The maximum Gasteiger partial charge on any atom is 0.313 e. The van der Waals surface area contributed by atoms with Gasteiger partial charge in [0.1, 0.15) is 11.6 Å². The third kappa shape index (κ3) is 2.74. The second kappa shape index (κ2) is 5.08. The van der Waals surface area contributed by atoms with Crippen molar-refractivity contribution in [3.63, 3.8) is 0 Å². The van der Waals surface area contributed by atoms with Gasteiger partial charge in [0.05, 0.1) is 16.8 Å². The van der Waals surface area contributed by atoms with Crippen LogP contribution in [0.4, 0.5) is 0 Å². The first-order chi connectivity index (χ1) is 10.0. The van der Waals surface area contributed by atoms with Gasteiger partial charge in [0.2, 0.25) is 0 Å². The molecule has 6 heteroatoms. The van der Waals surface area contributed by atoms with Crippen LogP contribution in [0, 0.1) is 16.7 Å². The Morgan fingerprint density at radius 2 is 2.33 bits per heavy atom. The van der Waals surface area contributed by atoms with Gasteiger partial charge in [0.15, 0.2) is 5.16 Å². The molecule has 0 atom stereocenters. The summed E-state index contributed by atoms with van der Waals surface area (Å²) >= 11 is 1.21. The van der Waals surface area contributed by atoms with Gasteiger partial charge in [-0.15, -0.1) is 0 Å². The van der Waals surface area contributed by atoms with Crippen molar-refractivity contribution in [3.8, 4) is 6.07 Å². The first-order valence-corrected chi connectivity index (χ1v) is 7.75. The normalized spacial score (nSPS) is 15.8. The van der Waals surface area contributed by atoms with E-state index < -0.39 is 5.97 Å². The molecule has 1 heterocycles. The van der Waals surface area contributed by atoms with Gasteiger partial charge < -0.3 is 9.67 Å². The van der Waals surface area contributed by atoms with E-state index in [1.807, 2.05) is 12.1 Å². The summed E-state index contributed by atoms with van der Waals surface area (Å²) in [6.07, 6.45) is 2.35. The predicted octanol–water partition coefficient (Wildman–Crippen LogP) is 2.88. The summed E-state index contributed by atoms with van der Waals surface area (Å²) in [5.41, 5.74) is 2.38. The first-order valence-electron chi connectivity index (χ1n) is 6.76. The average Bonchev–Trinajstić information content (AvgIpc) is 3.08. The number of rotatable bonds is 5. The third-order valence-corrected chi connectivity index (χ3v) is 4.79. The summed E-state index contributed by atoms with van der Waals surface area (Å²) in [6.45, 7) is 3.04. The minimum absolute atomic E-state index is 0.0259. The van der Waals surface area contributed by atoms with Gasteiger partial charge >= 0.3 is 5.97 Å². The molecule has 21 heavy (non-hydrogen) atoms. The van der Waals surface area contributed by atoms with Gasteiger partial charge in [-0.1, -0.05) is 24.8 Å². The van der Waals surface area contributed by atoms with Crippen LogP contribution in [0.15, 0.2) is 23.4 Å². The van der Waals surface area contributed by atoms with E-state index in [1.54, 1.807) is 6.07 Å². The van der Waals surface area contributed by atoms with Crippen molar-refractivity contribution in [3.05, 3.63) is 23.8 Å². The van der Waals surface area contributed by atoms with Crippen molar-refractivity contribution in [2.45, 2.75) is 31.5 Å². The molecule has 1 N–H and O–H groups in total. The minimum atomic E-state index is -0.864. The van der Waals surface area contributed by atoms with Gasteiger partial charge in [-0.25, -0.2) is 4.98 Å². The van der Waals surface area contributed by atoms with Gasteiger partial charge in [-0.3, -0.25) is 4.79 Å². The topological polar surface area (TPSA) is 78.9 Å². The molecule has 0 spiro atoms. The summed E-state index contributed by atoms with van der Waals surface area (Å²) in [4.78, 5) is 15.3. The van der Waals surface area contributed by atoms with Gasteiger partial charge in [-0.05, 0) is 30.4 Å². The highest BCUT2D eigenvalue weighted by molar-refractivity contribution is 7.99. The van der Waals surface area contributed by atoms with E-state index in [1.165, 1.54) is 24.6 Å². The molecule has 1 fully saturated rings. The Morgan fingerprint density at radius 3 is 2.95 bits per heavy atom. The summed E-state index contributed by atoms with van der Waals surface area (Å²) < 4.78 is 2.07. The fourth-order valence-corrected chi connectivity index (χ4v) is 3.09. The quantitative estimate of drug-likeness (QED) is 0.859. The highest BCUT2D eigenvalue weighted by Gasteiger charge is 2.38. The molecular formula is C15H15N3O2S. The summed E-state index contributed by atoms with van der Waals surface area (Å²) in [5, 5.41) is 18.8. The molecule has 1 aromatic heterocycles. The molecule has 0 radical (unpaired) electrons. The molecule has 5 nitrogen and oxygen atoms in total. The molecule has 2 aromatic rings. The number of fused-ring (bicyclic) bond motifs is 1. The Labute approximate surface area is 126 Å². The molecule has 1 saturated carbocycles. The van der Waals surface area contributed by atoms with Crippen LogP contribution in [0.25, 0.3) is 11.0 Å². The Kier molecular flexibility index (Phi) is 3.38. The van der Waals surface area contributed by atoms with Crippen molar-refractivity contribution in [2.24, 2.45) is 5.41 Å². The second-order valence-electron chi connectivity index (χ2n) is 5.76. The highest BCUT2D eigenvalue weighted by Crippen LogP contribution is 2.47. The number of nitrogens with zero attached hydrogens (tertiary/aromatic N) is 3. The average molecular weight is 301 g/mol.